The molecule has 0 aliphatic carbocycles. The number of esters is 1. The third-order valence-corrected chi connectivity index (χ3v) is 3.39. The van der Waals surface area contributed by atoms with E-state index in [0.29, 0.717) is 6.61 Å². The van der Waals surface area contributed by atoms with Gasteiger partial charge in [-0.1, -0.05) is 13.3 Å². The Hall–Kier alpha value is -0.610. The van der Waals surface area contributed by atoms with Crippen LogP contribution in [0.1, 0.15) is 46.5 Å². The van der Waals surface area contributed by atoms with Crippen LogP contribution in [-0.4, -0.2) is 50.2 Å². The maximum atomic E-state index is 11.8. The molecule has 0 saturated carbocycles. The second-order valence-electron chi connectivity index (χ2n) is 5.06. The van der Waals surface area contributed by atoms with E-state index in [-0.39, 0.29) is 5.97 Å². The molecule has 0 radical (unpaired) electrons. The molecular weight excluding hydrogens is 228 g/mol. The Morgan fingerprint density at radius 3 is 2.39 bits per heavy atom. The molecule has 0 aromatic carbocycles. The standard InChI is InChI=1S/C14H30N2O2/c1-6-8-11-16(5)12-9-10-14(3,15-4)13(17)18-7-2/h15H,6-12H2,1-5H3. The van der Waals surface area contributed by atoms with E-state index in [1.807, 2.05) is 20.9 Å². The van der Waals surface area contributed by atoms with Crippen LogP contribution in [-0.2, 0) is 9.53 Å². The van der Waals surface area contributed by atoms with Gasteiger partial charge >= 0.3 is 5.97 Å². The second kappa shape index (κ2) is 9.34. The van der Waals surface area contributed by atoms with Crippen molar-refractivity contribution in [3.05, 3.63) is 0 Å². The molecule has 108 valence electrons. The number of carbonyl (C=O) groups excluding carboxylic acids is 1. The largest absolute Gasteiger partial charge is 0.465 e. The molecule has 0 aromatic rings. The van der Waals surface area contributed by atoms with Gasteiger partial charge in [-0.2, -0.15) is 0 Å². The van der Waals surface area contributed by atoms with E-state index in [0.717, 1.165) is 25.9 Å². The maximum Gasteiger partial charge on any atom is 0.326 e. The highest BCUT2D eigenvalue weighted by molar-refractivity contribution is 5.80. The van der Waals surface area contributed by atoms with Gasteiger partial charge in [0.1, 0.15) is 5.54 Å². The lowest BCUT2D eigenvalue weighted by Crippen LogP contribution is -2.49. The molecule has 1 atom stereocenters. The number of carbonyl (C=O) groups is 1. The number of hydrogen-bond donors (Lipinski definition) is 1. The molecule has 0 bridgehead atoms. The van der Waals surface area contributed by atoms with Crippen LogP contribution in [0, 0.1) is 0 Å². The van der Waals surface area contributed by atoms with E-state index >= 15 is 0 Å². The minimum Gasteiger partial charge on any atom is -0.465 e. The summed E-state index contributed by atoms with van der Waals surface area (Å²) < 4.78 is 5.11. The van der Waals surface area contributed by atoms with E-state index in [9.17, 15) is 4.79 Å². The van der Waals surface area contributed by atoms with Crippen LogP contribution in [0.2, 0.25) is 0 Å². The van der Waals surface area contributed by atoms with Gasteiger partial charge in [-0.25, -0.2) is 0 Å². The molecule has 0 spiro atoms. The first kappa shape index (κ1) is 17.4. The third kappa shape index (κ3) is 6.36. The predicted octanol–water partition coefficient (Wildman–Crippen LogP) is 2.04. The summed E-state index contributed by atoms with van der Waals surface area (Å²) in [6.45, 7) is 8.55. The lowest BCUT2D eigenvalue weighted by Gasteiger charge is -2.27. The van der Waals surface area contributed by atoms with Gasteiger partial charge in [-0.05, 0) is 60.3 Å². The van der Waals surface area contributed by atoms with Crippen molar-refractivity contribution in [3.63, 3.8) is 0 Å². The quantitative estimate of drug-likeness (QED) is 0.609. The summed E-state index contributed by atoms with van der Waals surface area (Å²) in [5, 5.41) is 3.09. The predicted molar refractivity (Wildman–Crippen MR) is 75.7 cm³/mol. The normalized spacial score (nSPS) is 14.6. The van der Waals surface area contributed by atoms with Gasteiger partial charge in [-0.15, -0.1) is 0 Å². The summed E-state index contributed by atoms with van der Waals surface area (Å²) in [4.78, 5) is 14.2. The minimum absolute atomic E-state index is 0.149. The average Bonchev–Trinajstić information content (AvgIpc) is 2.36. The highest BCUT2D eigenvalue weighted by atomic mass is 16.5. The highest BCUT2D eigenvalue weighted by Gasteiger charge is 2.32. The average molecular weight is 258 g/mol. The van der Waals surface area contributed by atoms with Crippen LogP contribution < -0.4 is 5.32 Å². The third-order valence-electron chi connectivity index (χ3n) is 3.39. The SMILES string of the molecule is CCCCN(C)CCCC(C)(NC)C(=O)OCC. The minimum atomic E-state index is -0.554. The Labute approximate surface area is 112 Å². The van der Waals surface area contributed by atoms with Crippen molar-refractivity contribution in [2.45, 2.75) is 52.0 Å². The fourth-order valence-electron chi connectivity index (χ4n) is 1.86. The first-order chi connectivity index (χ1) is 8.50. The van der Waals surface area contributed by atoms with Crippen LogP contribution in [0.4, 0.5) is 0 Å². The molecule has 0 aliphatic heterocycles. The van der Waals surface area contributed by atoms with E-state index in [4.69, 9.17) is 4.74 Å². The zero-order chi connectivity index (χ0) is 14.0. The van der Waals surface area contributed by atoms with E-state index < -0.39 is 5.54 Å². The maximum absolute atomic E-state index is 11.8. The molecule has 0 amide bonds. The van der Waals surface area contributed by atoms with Gasteiger partial charge in [0.05, 0.1) is 6.61 Å². The Morgan fingerprint density at radius 2 is 1.89 bits per heavy atom. The van der Waals surface area contributed by atoms with Gasteiger partial charge in [0, 0.05) is 0 Å². The highest BCUT2D eigenvalue weighted by Crippen LogP contribution is 2.14. The Balaban J connectivity index is 4.02. The summed E-state index contributed by atoms with van der Waals surface area (Å²) in [7, 11) is 3.95. The number of likely N-dealkylation sites (N-methyl/N-ethyl adjacent to an activating group) is 1. The Morgan fingerprint density at radius 1 is 1.28 bits per heavy atom. The molecule has 0 saturated heterocycles. The van der Waals surface area contributed by atoms with Crippen LogP contribution in [0.3, 0.4) is 0 Å². The topological polar surface area (TPSA) is 41.6 Å². The second-order valence-corrected chi connectivity index (χ2v) is 5.06. The Bertz CT molecular complexity index is 234. The molecule has 1 unspecified atom stereocenters. The van der Waals surface area contributed by atoms with Crippen LogP contribution in [0.5, 0.6) is 0 Å². The van der Waals surface area contributed by atoms with E-state index in [1.165, 1.54) is 12.8 Å². The zero-order valence-electron chi connectivity index (χ0n) is 12.7. The smallest absolute Gasteiger partial charge is 0.326 e. The number of rotatable bonds is 10. The molecule has 4 heteroatoms. The molecule has 18 heavy (non-hydrogen) atoms. The summed E-state index contributed by atoms with van der Waals surface area (Å²) >= 11 is 0. The van der Waals surface area contributed by atoms with Crippen LogP contribution in [0.25, 0.3) is 0 Å². The van der Waals surface area contributed by atoms with Gasteiger partial charge in [0.25, 0.3) is 0 Å². The van der Waals surface area contributed by atoms with Gasteiger partial charge < -0.3 is 15.0 Å². The Kier molecular flexibility index (Phi) is 9.02. The van der Waals surface area contributed by atoms with Crippen LogP contribution in [0.15, 0.2) is 0 Å². The number of unbranched alkanes of at least 4 members (excludes halogenated alkanes) is 1. The number of nitrogens with zero attached hydrogens (tertiary/aromatic N) is 1. The lowest BCUT2D eigenvalue weighted by molar-refractivity contribution is -0.150. The molecule has 1 N–H and O–H groups in total. The van der Waals surface area contributed by atoms with Gasteiger partial charge in [0.15, 0.2) is 0 Å². The van der Waals surface area contributed by atoms with Crippen LogP contribution >= 0.6 is 0 Å². The fraction of sp³-hybridized carbons (Fsp3) is 0.929. The van der Waals surface area contributed by atoms with Gasteiger partial charge in [0.2, 0.25) is 0 Å². The zero-order valence-corrected chi connectivity index (χ0v) is 12.7. The molecule has 0 rings (SSSR count). The van der Waals surface area contributed by atoms with Crippen molar-refractivity contribution in [1.82, 2.24) is 10.2 Å². The molecule has 0 fully saturated rings. The number of ether oxygens (including phenoxy) is 1. The van der Waals surface area contributed by atoms with Crippen molar-refractivity contribution in [3.8, 4) is 0 Å². The lowest BCUT2D eigenvalue weighted by atomic mass is 9.96. The van der Waals surface area contributed by atoms with Crippen molar-refractivity contribution < 1.29 is 9.53 Å². The van der Waals surface area contributed by atoms with E-state index in [1.54, 1.807) is 0 Å². The summed E-state index contributed by atoms with van der Waals surface area (Å²) in [6, 6.07) is 0. The molecular formula is C14H30N2O2. The summed E-state index contributed by atoms with van der Waals surface area (Å²) in [5.41, 5.74) is -0.554. The molecule has 4 nitrogen and oxygen atoms in total. The van der Waals surface area contributed by atoms with Crippen molar-refractivity contribution >= 4 is 5.97 Å². The monoisotopic (exact) mass is 258 g/mol. The molecule has 0 aromatic heterocycles. The summed E-state index contributed by atoms with van der Waals surface area (Å²) in [6.07, 6.45) is 4.26. The molecule has 0 aliphatic rings. The first-order valence-corrected chi connectivity index (χ1v) is 7.04. The van der Waals surface area contributed by atoms with Gasteiger partial charge in [-0.3, -0.25) is 4.79 Å². The number of hydrogen-bond acceptors (Lipinski definition) is 4. The number of nitrogens with one attached hydrogen (secondary N) is 1. The first-order valence-electron chi connectivity index (χ1n) is 7.04. The van der Waals surface area contributed by atoms with E-state index in [2.05, 4.69) is 24.2 Å². The fourth-order valence-corrected chi connectivity index (χ4v) is 1.86. The summed E-state index contributed by atoms with van der Waals surface area (Å²) in [5.74, 6) is -0.149. The van der Waals surface area contributed by atoms with Crippen molar-refractivity contribution in [2.75, 3.05) is 33.8 Å². The van der Waals surface area contributed by atoms with Crippen molar-refractivity contribution in [1.29, 1.82) is 0 Å². The molecule has 0 heterocycles. The van der Waals surface area contributed by atoms with Crippen molar-refractivity contribution in [2.24, 2.45) is 0 Å².